The number of anilines is 3. The van der Waals surface area contributed by atoms with Crippen molar-refractivity contribution in [2.45, 2.75) is 46.0 Å². The Kier molecular flexibility index (Phi) is 6.02. The van der Waals surface area contributed by atoms with E-state index in [-0.39, 0.29) is 0 Å². The molecule has 6 heteroatoms. The van der Waals surface area contributed by atoms with E-state index in [4.69, 9.17) is 0 Å². The molecule has 0 aliphatic carbocycles. The van der Waals surface area contributed by atoms with E-state index in [9.17, 15) is 0 Å². The third-order valence-electron chi connectivity index (χ3n) is 4.19. The number of aromatic nitrogens is 3. The lowest BCUT2D eigenvalue weighted by molar-refractivity contribution is 0.517. The van der Waals surface area contributed by atoms with Crippen LogP contribution in [0.3, 0.4) is 0 Å². The van der Waals surface area contributed by atoms with Gasteiger partial charge in [0.2, 0.25) is 17.8 Å². The van der Waals surface area contributed by atoms with Crippen LogP contribution in [-0.2, 0) is 0 Å². The minimum absolute atomic E-state index is 0.637. The maximum atomic E-state index is 4.60. The quantitative estimate of drug-likeness (QED) is 0.805. The van der Waals surface area contributed by atoms with E-state index >= 15 is 0 Å². The summed E-state index contributed by atoms with van der Waals surface area (Å²) in [6, 6.07) is 0. The normalized spacial score (nSPS) is 15.3. The third-order valence-corrected chi connectivity index (χ3v) is 4.19. The summed E-state index contributed by atoms with van der Waals surface area (Å²) >= 11 is 0. The predicted molar refractivity (Wildman–Crippen MR) is 88.0 cm³/mol. The maximum Gasteiger partial charge on any atom is 0.231 e. The molecule has 1 aromatic heterocycles. The topological polar surface area (TPSA) is 66.0 Å². The van der Waals surface area contributed by atoms with E-state index in [1.54, 1.807) is 0 Å². The van der Waals surface area contributed by atoms with Crippen molar-refractivity contribution in [2.75, 3.05) is 42.2 Å². The first-order valence-corrected chi connectivity index (χ1v) is 8.19. The zero-order valence-electron chi connectivity index (χ0n) is 13.5. The Morgan fingerprint density at radius 2 is 1.67 bits per heavy atom. The monoisotopic (exact) mass is 292 g/mol. The molecule has 2 N–H and O–H groups in total. The van der Waals surface area contributed by atoms with Gasteiger partial charge in [-0.3, -0.25) is 0 Å². The van der Waals surface area contributed by atoms with Gasteiger partial charge in [0.1, 0.15) is 0 Å². The summed E-state index contributed by atoms with van der Waals surface area (Å²) in [5.74, 6) is 2.78. The maximum absolute atomic E-state index is 4.60. The Labute approximate surface area is 127 Å². The van der Waals surface area contributed by atoms with Crippen LogP contribution in [0.25, 0.3) is 0 Å². The van der Waals surface area contributed by atoms with E-state index in [2.05, 4.69) is 44.3 Å². The van der Waals surface area contributed by atoms with Crippen molar-refractivity contribution in [3.8, 4) is 0 Å². The van der Waals surface area contributed by atoms with Gasteiger partial charge in [-0.05, 0) is 25.2 Å². The van der Waals surface area contributed by atoms with Gasteiger partial charge in [-0.25, -0.2) is 0 Å². The molecule has 0 aromatic carbocycles. The highest BCUT2D eigenvalue weighted by Crippen LogP contribution is 2.18. The molecule has 0 bridgehead atoms. The van der Waals surface area contributed by atoms with Crippen LogP contribution in [0, 0.1) is 5.92 Å². The second-order valence-corrected chi connectivity index (χ2v) is 5.64. The summed E-state index contributed by atoms with van der Waals surface area (Å²) < 4.78 is 0. The van der Waals surface area contributed by atoms with Crippen LogP contribution in [0.5, 0.6) is 0 Å². The van der Waals surface area contributed by atoms with Crippen LogP contribution in [-0.4, -0.2) is 41.6 Å². The molecule has 1 aliphatic rings. The lowest BCUT2D eigenvalue weighted by Gasteiger charge is -2.27. The average molecular weight is 292 g/mol. The molecular weight excluding hydrogens is 264 g/mol. The fourth-order valence-corrected chi connectivity index (χ4v) is 2.60. The Balaban J connectivity index is 2.09. The first kappa shape index (κ1) is 15.8. The van der Waals surface area contributed by atoms with Gasteiger partial charge in [0, 0.05) is 26.7 Å². The Hall–Kier alpha value is -1.59. The summed E-state index contributed by atoms with van der Waals surface area (Å²) in [5.41, 5.74) is 0. The van der Waals surface area contributed by atoms with Crippen molar-refractivity contribution < 1.29 is 0 Å². The number of piperidine rings is 1. The Morgan fingerprint density at radius 3 is 2.29 bits per heavy atom. The summed E-state index contributed by atoms with van der Waals surface area (Å²) in [7, 11) is 1.85. The fraction of sp³-hybridized carbons (Fsp3) is 0.800. The van der Waals surface area contributed by atoms with E-state index < -0.39 is 0 Å². The molecule has 1 fully saturated rings. The van der Waals surface area contributed by atoms with Gasteiger partial charge in [-0.1, -0.05) is 26.7 Å². The number of nitrogens with zero attached hydrogens (tertiary/aromatic N) is 4. The molecular formula is C15H28N6. The minimum Gasteiger partial charge on any atom is -0.357 e. The smallest absolute Gasteiger partial charge is 0.231 e. The van der Waals surface area contributed by atoms with Gasteiger partial charge >= 0.3 is 0 Å². The molecule has 21 heavy (non-hydrogen) atoms. The van der Waals surface area contributed by atoms with Crippen molar-refractivity contribution in [2.24, 2.45) is 5.92 Å². The zero-order chi connectivity index (χ0) is 15.1. The molecule has 0 amide bonds. The number of hydrogen-bond acceptors (Lipinski definition) is 6. The van der Waals surface area contributed by atoms with Gasteiger partial charge < -0.3 is 15.5 Å². The molecule has 6 nitrogen and oxygen atoms in total. The van der Waals surface area contributed by atoms with Gasteiger partial charge in [0.05, 0.1) is 0 Å². The minimum atomic E-state index is 0.637. The number of nitrogens with one attached hydrogen (secondary N) is 2. The second-order valence-electron chi connectivity index (χ2n) is 5.64. The molecule has 1 aliphatic heterocycles. The van der Waals surface area contributed by atoms with Crippen LogP contribution < -0.4 is 15.5 Å². The highest BCUT2D eigenvalue weighted by Gasteiger charge is 2.16. The summed E-state index contributed by atoms with van der Waals surface area (Å²) in [6.07, 6.45) is 6.09. The van der Waals surface area contributed by atoms with Gasteiger partial charge in [0.15, 0.2) is 0 Å². The largest absolute Gasteiger partial charge is 0.357 e. The first-order valence-electron chi connectivity index (χ1n) is 8.19. The lowest BCUT2D eigenvalue weighted by atomic mass is 10.0. The standard InChI is InChI=1S/C15H28N6/c1-4-12(5-2)11-17-14-18-13(16-3)19-15(20-14)21-9-7-6-8-10-21/h12H,4-11H2,1-3H3,(H2,16,17,18,19,20). The highest BCUT2D eigenvalue weighted by molar-refractivity contribution is 5.43. The van der Waals surface area contributed by atoms with E-state index in [0.717, 1.165) is 25.6 Å². The molecule has 0 unspecified atom stereocenters. The first-order chi connectivity index (χ1) is 10.3. The Morgan fingerprint density at radius 1 is 1.00 bits per heavy atom. The summed E-state index contributed by atoms with van der Waals surface area (Å²) in [4.78, 5) is 15.8. The molecule has 1 saturated heterocycles. The van der Waals surface area contributed by atoms with E-state index in [0.29, 0.717) is 17.8 Å². The summed E-state index contributed by atoms with van der Waals surface area (Å²) in [6.45, 7) is 7.45. The van der Waals surface area contributed by atoms with Gasteiger partial charge in [-0.15, -0.1) is 0 Å². The third kappa shape index (κ3) is 4.44. The number of rotatable bonds is 7. The van der Waals surface area contributed by atoms with Crippen LogP contribution in [0.1, 0.15) is 46.0 Å². The van der Waals surface area contributed by atoms with Gasteiger partial charge in [-0.2, -0.15) is 15.0 Å². The zero-order valence-corrected chi connectivity index (χ0v) is 13.5. The molecule has 1 aromatic rings. The van der Waals surface area contributed by atoms with Gasteiger partial charge in [0.25, 0.3) is 0 Å². The van der Waals surface area contributed by atoms with E-state index in [1.165, 1.54) is 32.1 Å². The van der Waals surface area contributed by atoms with Crippen molar-refractivity contribution in [3.63, 3.8) is 0 Å². The van der Waals surface area contributed by atoms with Crippen LogP contribution >= 0.6 is 0 Å². The molecule has 2 rings (SSSR count). The van der Waals surface area contributed by atoms with Crippen molar-refractivity contribution in [1.29, 1.82) is 0 Å². The van der Waals surface area contributed by atoms with Crippen molar-refractivity contribution in [3.05, 3.63) is 0 Å². The lowest BCUT2D eigenvalue weighted by Crippen LogP contribution is -2.31. The number of hydrogen-bond donors (Lipinski definition) is 2. The second kappa shape index (κ2) is 8.00. The molecule has 2 heterocycles. The van der Waals surface area contributed by atoms with Crippen LogP contribution in [0.2, 0.25) is 0 Å². The van der Waals surface area contributed by atoms with Crippen LogP contribution in [0.15, 0.2) is 0 Å². The average Bonchev–Trinajstić information content (AvgIpc) is 2.56. The van der Waals surface area contributed by atoms with Crippen LogP contribution in [0.4, 0.5) is 17.8 Å². The predicted octanol–water partition coefficient (Wildman–Crippen LogP) is 2.75. The Bertz CT molecular complexity index is 426. The summed E-state index contributed by atoms with van der Waals surface area (Å²) in [5, 5.41) is 6.41. The molecule has 0 spiro atoms. The molecule has 0 radical (unpaired) electrons. The molecule has 0 atom stereocenters. The van der Waals surface area contributed by atoms with Crippen molar-refractivity contribution >= 4 is 17.8 Å². The van der Waals surface area contributed by atoms with E-state index in [1.807, 2.05) is 7.05 Å². The van der Waals surface area contributed by atoms with Crippen molar-refractivity contribution in [1.82, 2.24) is 15.0 Å². The molecule has 118 valence electrons. The molecule has 0 saturated carbocycles. The highest BCUT2D eigenvalue weighted by atomic mass is 15.3. The SMILES string of the molecule is CCC(CC)CNc1nc(NC)nc(N2CCCCC2)n1. The fourth-order valence-electron chi connectivity index (χ4n) is 2.60.